The van der Waals surface area contributed by atoms with Gasteiger partial charge in [-0.3, -0.25) is 19.8 Å². The molecule has 0 radical (unpaired) electrons. The molecule has 0 aliphatic carbocycles. The second kappa shape index (κ2) is 6.78. The lowest BCUT2D eigenvalue weighted by Gasteiger charge is -2.31. The number of nitro groups is 1. The Morgan fingerprint density at radius 1 is 1.27 bits per heavy atom. The van der Waals surface area contributed by atoms with E-state index in [9.17, 15) is 19.7 Å². The van der Waals surface area contributed by atoms with Crippen molar-refractivity contribution in [2.45, 2.75) is 26.3 Å². The number of nitrogens with zero attached hydrogens (tertiary/aromatic N) is 3. The summed E-state index contributed by atoms with van der Waals surface area (Å²) >= 11 is 0. The Kier molecular flexibility index (Phi) is 4.67. The van der Waals surface area contributed by atoms with E-state index >= 15 is 0 Å². The first-order valence-electron chi connectivity index (χ1n) is 8.60. The second-order valence-corrected chi connectivity index (χ2v) is 7.06. The van der Waals surface area contributed by atoms with Gasteiger partial charge in [-0.05, 0) is 30.0 Å². The molecule has 3 rings (SSSR count). The van der Waals surface area contributed by atoms with Crippen LogP contribution in [0.15, 0.2) is 35.5 Å². The van der Waals surface area contributed by atoms with E-state index in [0.29, 0.717) is 35.8 Å². The number of nitrogens with one attached hydrogen (secondary N) is 1. The Hall–Kier alpha value is -2.90. The van der Waals surface area contributed by atoms with Gasteiger partial charge >= 0.3 is 6.03 Å². The topological polar surface area (TPSA) is 95.8 Å². The zero-order valence-corrected chi connectivity index (χ0v) is 15.1. The number of likely N-dealkylation sites (N-methyl/N-ethyl adjacent to an activating group) is 1. The van der Waals surface area contributed by atoms with E-state index in [-0.39, 0.29) is 17.6 Å². The zero-order valence-electron chi connectivity index (χ0n) is 15.1. The molecule has 1 aromatic rings. The number of rotatable bonds is 5. The van der Waals surface area contributed by atoms with E-state index in [4.69, 9.17) is 0 Å². The molecule has 0 saturated carbocycles. The van der Waals surface area contributed by atoms with Crippen LogP contribution < -0.4 is 5.32 Å². The molecule has 3 amide bonds. The van der Waals surface area contributed by atoms with Gasteiger partial charge in [0.25, 0.3) is 11.6 Å². The number of amides is 3. The van der Waals surface area contributed by atoms with Gasteiger partial charge in [0, 0.05) is 25.7 Å². The van der Waals surface area contributed by atoms with Gasteiger partial charge in [0.15, 0.2) is 0 Å². The van der Waals surface area contributed by atoms with Crippen molar-refractivity contribution in [3.8, 4) is 0 Å². The van der Waals surface area contributed by atoms with Crippen LogP contribution in [-0.2, 0) is 4.79 Å². The molecule has 2 aliphatic heterocycles. The van der Waals surface area contributed by atoms with Crippen LogP contribution in [0.4, 0.5) is 10.5 Å². The summed E-state index contributed by atoms with van der Waals surface area (Å²) in [4.78, 5) is 38.9. The first-order chi connectivity index (χ1) is 12.3. The number of carbonyl (C=O) groups excluding carboxylic acids is 2. The quantitative estimate of drug-likeness (QED) is 0.646. The van der Waals surface area contributed by atoms with Crippen molar-refractivity contribution in [2.24, 2.45) is 5.92 Å². The fourth-order valence-electron chi connectivity index (χ4n) is 3.26. The van der Waals surface area contributed by atoms with E-state index in [0.717, 1.165) is 6.42 Å². The van der Waals surface area contributed by atoms with Crippen LogP contribution in [0.2, 0.25) is 0 Å². The third-order valence-electron chi connectivity index (χ3n) is 4.85. The Bertz CT molecular complexity index is 785. The first-order valence-corrected chi connectivity index (χ1v) is 8.60. The maximum atomic E-state index is 12.9. The summed E-state index contributed by atoms with van der Waals surface area (Å²) in [6.07, 6.45) is 0.888. The molecule has 1 aromatic carbocycles. The van der Waals surface area contributed by atoms with Gasteiger partial charge in [-0.1, -0.05) is 13.8 Å². The Morgan fingerprint density at radius 3 is 2.50 bits per heavy atom. The minimum atomic E-state index is -0.592. The molecule has 1 N–H and O–H groups in total. The second-order valence-electron chi connectivity index (χ2n) is 7.06. The van der Waals surface area contributed by atoms with Crippen molar-refractivity contribution in [1.29, 1.82) is 0 Å². The highest BCUT2D eigenvalue weighted by molar-refractivity contribution is 6.01. The summed E-state index contributed by atoms with van der Waals surface area (Å²) in [5.74, 6) is 0.388. The van der Waals surface area contributed by atoms with Crippen LogP contribution in [0.3, 0.4) is 0 Å². The maximum Gasteiger partial charge on any atom is 0.322 e. The largest absolute Gasteiger partial charge is 0.333 e. The average molecular weight is 358 g/mol. The Labute approximate surface area is 151 Å². The number of urea groups is 1. The lowest BCUT2D eigenvalue weighted by atomic mass is 9.95. The Balaban J connectivity index is 1.92. The third-order valence-corrected chi connectivity index (χ3v) is 4.85. The molecule has 0 unspecified atom stereocenters. The highest BCUT2D eigenvalue weighted by atomic mass is 16.6. The van der Waals surface area contributed by atoms with Gasteiger partial charge in [-0.15, -0.1) is 0 Å². The lowest BCUT2D eigenvalue weighted by molar-refractivity contribution is -0.384. The molecule has 1 atom stereocenters. The summed E-state index contributed by atoms with van der Waals surface area (Å²) in [5.41, 5.74) is 1.87. The lowest BCUT2D eigenvalue weighted by Crippen LogP contribution is -2.45. The van der Waals surface area contributed by atoms with Crippen LogP contribution in [0.25, 0.3) is 0 Å². The normalized spacial score (nSPS) is 19.9. The van der Waals surface area contributed by atoms with Crippen LogP contribution in [0, 0.1) is 16.0 Å². The summed E-state index contributed by atoms with van der Waals surface area (Å²) in [7, 11) is 1.65. The third kappa shape index (κ3) is 3.14. The molecule has 2 heterocycles. The average Bonchev–Trinajstić information content (AvgIpc) is 2.93. The SMILES string of the molecule is CC(C)CCN1CC2=C(C1=O)[C@H](c1ccc([N+](=O)[O-])cc1)NC(=O)N2C. The zero-order chi connectivity index (χ0) is 19.0. The van der Waals surface area contributed by atoms with E-state index in [2.05, 4.69) is 19.2 Å². The molecule has 138 valence electrons. The number of benzene rings is 1. The van der Waals surface area contributed by atoms with Gasteiger partial charge in [-0.2, -0.15) is 0 Å². The summed E-state index contributed by atoms with van der Waals surface area (Å²) < 4.78 is 0. The fraction of sp³-hybridized carbons (Fsp3) is 0.444. The van der Waals surface area contributed by atoms with Crippen molar-refractivity contribution in [2.75, 3.05) is 20.1 Å². The summed E-state index contributed by atoms with van der Waals surface area (Å²) in [6, 6.07) is 5.06. The minimum absolute atomic E-state index is 0.0292. The number of hydrogen-bond donors (Lipinski definition) is 1. The molecule has 0 bridgehead atoms. The highest BCUT2D eigenvalue weighted by Gasteiger charge is 2.42. The predicted molar refractivity (Wildman–Crippen MR) is 95.2 cm³/mol. The van der Waals surface area contributed by atoms with Crippen molar-refractivity contribution in [3.05, 3.63) is 51.2 Å². The molecule has 0 spiro atoms. The van der Waals surface area contributed by atoms with Gasteiger partial charge < -0.3 is 10.2 Å². The van der Waals surface area contributed by atoms with Crippen LogP contribution in [0.5, 0.6) is 0 Å². The number of carbonyl (C=O) groups is 2. The van der Waals surface area contributed by atoms with Crippen molar-refractivity contribution in [1.82, 2.24) is 15.1 Å². The highest BCUT2D eigenvalue weighted by Crippen LogP contribution is 2.36. The molecule has 2 aliphatic rings. The Morgan fingerprint density at radius 2 is 1.92 bits per heavy atom. The molecule has 0 saturated heterocycles. The standard InChI is InChI=1S/C18H22N4O4/c1-11(2)8-9-21-10-14-15(17(21)23)16(19-18(24)20(14)3)12-4-6-13(7-5-12)22(25)26/h4-7,11,16H,8-10H2,1-3H3,(H,19,24)/t16-/m0/s1. The summed E-state index contributed by atoms with van der Waals surface area (Å²) in [6.45, 7) is 5.25. The van der Waals surface area contributed by atoms with Gasteiger partial charge in [0.1, 0.15) is 0 Å². The fourth-order valence-corrected chi connectivity index (χ4v) is 3.26. The van der Waals surface area contributed by atoms with Gasteiger partial charge in [0.05, 0.1) is 28.8 Å². The molecule has 8 nitrogen and oxygen atoms in total. The van der Waals surface area contributed by atoms with Crippen LogP contribution in [0.1, 0.15) is 31.9 Å². The predicted octanol–water partition coefficient (Wildman–Crippen LogP) is 2.43. The van der Waals surface area contributed by atoms with E-state index in [1.165, 1.54) is 17.0 Å². The van der Waals surface area contributed by atoms with Crippen LogP contribution in [-0.4, -0.2) is 46.8 Å². The van der Waals surface area contributed by atoms with Crippen molar-refractivity contribution < 1.29 is 14.5 Å². The monoisotopic (exact) mass is 358 g/mol. The molecular formula is C18H22N4O4. The number of nitro benzene ring substituents is 1. The van der Waals surface area contributed by atoms with Gasteiger partial charge in [0.2, 0.25) is 0 Å². The van der Waals surface area contributed by atoms with Crippen molar-refractivity contribution >= 4 is 17.6 Å². The molecule has 0 fully saturated rings. The minimum Gasteiger partial charge on any atom is -0.333 e. The smallest absolute Gasteiger partial charge is 0.322 e. The number of non-ortho nitro benzene ring substituents is 1. The summed E-state index contributed by atoms with van der Waals surface area (Å²) in [5, 5.41) is 13.7. The first kappa shape index (κ1) is 17.9. The molecular weight excluding hydrogens is 336 g/mol. The van der Waals surface area contributed by atoms with Crippen LogP contribution >= 0.6 is 0 Å². The van der Waals surface area contributed by atoms with Crippen molar-refractivity contribution in [3.63, 3.8) is 0 Å². The molecule has 26 heavy (non-hydrogen) atoms. The maximum absolute atomic E-state index is 12.9. The molecule has 0 aromatic heterocycles. The van der Waals surface area contributed by atoms with E-state index in [1.54, 1.807) is 24.1 Å². The van der Waals surface area contributed by atoms with E-state index in [1.807, 2.05) is 0 Å². The number of hydrogen-bond acceptors (Lipinski definition) is 4. The van der Waals surface area contributed by atoms with Gasteiger partial charge in [-0.25, -0.2) is 4.79 Å². The molecule has 8 heteroatoms. The van der Waals surface area contributed by atoms with E-state index < -0.39 is 11.0 Å².